The number of benzene rings is 1. The molecular weight excluding hydrogens is 543 g/mol. The van der Waals surface area contributed by atoms with Gasteiger partial charge in [0, 0.05) is 11.9 Å². The SMILES string of the molecule is CC(C)C(/C=C1\Sc2ccccc2N1C)=c1\s/c(=C2/SC(=S)N(CC(=O)[O-])C2=O)n(CC(=O)[O-])c1=O. The minimum Gasteiger partial charge on any atom is -0.548 e. The van der Waals surface area contributed by atoms with Crippen LogP contribution in [0.25, 0.3) is 10.5 Å². The van der Waals surface area contributed by atoms with Crippen LogP contribution in [-0.2, 0) is 20.9 Å². The van der Waals surface area contributed by atoms with E-state index >= 15 is 0 Å². The number of para-hydroxylation sites is 1. The lowest BCUT2D eigenvalue weighted by Gasteiger charge is -2.15. The average Bonchev–Trinajstić information content (AvgIpc) is 3.39. The number of fused-ring (bicyclic) bond motifs is 1. The number of carboxylic acid groups (broad SMARTS) is 2. The van der Waals surface area contributed by atoms with Gasteiger partial charge in [-0.25, -0.2) is 0 Å². The molecule has 0 saturated carbocycles. The summed E-state index contributed by atoms with van der Waals surface area (Å²) >= 11 is 8.49. The second-order valence-electron chi connectivity index (χ2n) is 8.18. The van der Waals surface area contributed by atoms with Gasteiger partial charge in [0.2, 0.25) is 0 Å². The van der Waals surface area contributed by atoms with Crippen molar-refractivity contribution < 1.29 is 24.6 Å². The molecule has 1 aromatic carbocycles. The molecule has 1 amide bonds. The van der Waals surface area contributed by atoms with Crippen LogP contribution in [0, 0.1) is 5.92 Å². The molecule has 36 heavy (non-hydrogen) atoms. The smallest absolute Gasteiger partial charge is 0.269 e. The molecular formula is C23H19N3O6S4-2. The lowest BCUT2D eigenvalue weighted by Crippen LogP contribution is -2.41. The van der Waals surface area contributed by atoms with Gasteiger partial charge in [-0.2, -0.15) is 0 Å². The molecule has 2 aliphatic rings. The Kier molecular flexibility index (Phi) is 7.46. The number of aliphatic carboxylic acids is 2. The maximum Gasteiger partial charge on any atom is 0.269 e. The standard InChI is InChI=1S/C23H21N3O6S4/c1-11(2)12(8-15-24(3)13-6-4-5-7-14(13)34-15)18-20(31)25(9-16(27)28)22(35-18)19-21(32)26(10-17(29)30)23(33)36-19/h4-8,11H,9-10H2,1-3H3,(H,27,28)(H,29,30)/p-2/b15-8-,18-12-,22-19+. The molecule has 0 bridgehead atoms. The lowest BCUT2D eigenvalue weighted by molar-refractivity contribution is -0.307. The largest absolute Gasteiger partial charge is 0.548 e. The van der Waals surface area contributed by atoms with Gasteiger partial charge in [-0.15, -0.1) is 11.3 Å². The zero-order chi connectivity index (χ0) is 26.3. The van der Waals surface area contributed by atoms with E-state index in [9.17, 15) is 29.4 Å². The highest BCUT2D eigenvalue weighted by Crippen LogP contribution is 2.45. The van der Waals surface area contributed by atoms with Gasteiger partial charge in [-0.05, 0) is 29.7 Å². The molecule has 0 unspecified atom stereocenters. The number of thiazole rings is 1. The third-order valence-corrected chi connectivity index (χ3v) is 9.40. The molecule has 188 valence electrons. The molecule has 0 spiro atoms. The number of thiocarbonyl (C=S) groups is 1. The van der Waals surface area contributed by atoms with E-state index in [1.807, 2.05) is 56.1 Å². The quantitative estimate of drug-likeness (QED) is 0.417. The van der Waals surface area contributed by atoms with Crippen molar-refractivity contribution in [1.82, 2.24) is 9.47 Å². The Morgan fingerprint density at radius 2 is 1.75 bits per heavy atom. The third-order valence-electron chi connectivity index (χ3n) is 5.44. The molecule has 0 radical (unpaired) electrons. The first-order chi connectivity index (χ1) is 17.0. The number of rotatable bonds is 6. The number of carbonyl (C=O) groups is 3. The Balaban J connectivity index is 1.96. The zero-order valence-corrected chi connectivity index (χ0v) is 22.6. The number of thioether (sulfide) groups is 2. The Labute approximate surface area is 223 Å². The fourth-order valence-corrected chi connectivity index (χ4v) is 7.52. The van der Waals surface area contributed by atoms with Gasteiger partial charge < -0.3 is 24.7 Å². The summed E-state index contributed by atoms with van der Waals surface area (Å²) in [7, 11) is 1.92. The Hall–Kier alpha value is -2.87. The number of hydrogen-bond acceptors (Lipinski definition) is 11. The van der Waals surface area contributed by atoms with E-state index in [1.54, 1.807) is 11.8 Å². The molecule has 9 nitrogen and oxygen atoms in total. The first-order valence-electron chi connectivity index (χ1n) is 10.6. The minimum atomic E-state index is -1.50. The second kappa shape index (κ2) is 10.2. The molecule has 4 rings (SSSR count). The zero-order valence-electron chi connectivity index (χ0n) is 19.3. The van der Waals surface area contributed by atoms with Crippen molar-refractivity contribution in [2.45, 2.75) is 25.3 Å². The van der Waals surface area contributed by atoms with Crippen molar-refractivity contribution in [2.75, 3.05) is 18.5 Å². The molecule has 0 N–H and O–H groups in total. The predicted molar refractivity (Wildman–Crippen MR) is 140 cm³/mol. The molecule has 1 fully saturated rings. The highest BCUT2D eigenvalue weighted by molar-refractivity contribution is 8.30. The molecule has 1 aromatic heterocycles. The van der Waals surface area contributed by atoms with Crippen LogP contribution in [-0.4, -0.2) is 45.2 Å². The van der Waals surface area contributed by atoms with Gasteiger partial charge in [0.25, 0.3) is 11.5 Å². The van der Waals surface area contributed by atoms with Crippen LogP contribution in [0.15, 0.2) is 45.1 Å². The van der Waals surface area contributed by atoms with E-state index < -0.39 is 36.5 Å². The number of nitrogens with zero attached hydrogens (tertiary/aromatic N) is 3. The first-order valence-corrected chi connectivity index (χ1v) is 13.5. The van der Waals surface area contributed by atoms with Gasteiger partial charge in [0.15, 0.2) is 0 Å². The van der Waals surface area contributed by atoms with Crippen molar-refractivity contribution in [1.29, 1.82) is 0 Å². The monoisotopic (exact) mass is 561 g/mol. The summed E-state index contributed by atoms with van der Waals surface area (Å²) in [6.07, 6.45) is 1.90. The predicted octanol–water partition coefficient (Wildman–Crippen LogP) is -0.732. The van der Waals surface area contributed by atoms with Crippen LogP contribution >= 0.6 is 47.1 Å². The van der Waals surface area contributed by atoms with Crippen molar-refractivity contribution >= 4 is 85.4 Å². The summed E-state index contributed by atoms with van der Waals surface area (Å²) in [6.45, 7) is 2.33. The van der Waals surface area contributed by atoms with Gasteiger partial charge in [0.05, 0.1) is 40.3 Å². The number of carboxylic acids is 2. The van der Waals surface area contributed by atoms with E-state index in [0.717, 1.165) is 48.2 Å². The fraction of sp³-hybridized carbons (Fsp3) is 0.261. The number of carbonyl (C=O) groups excluding carboxylic acids is 3. The summed E-state index contributed by atoms with van der Waals surface area (Å²) in [5, 5.41) is 23.4. The lowest BCUT2D eigenvalue weighted by atomic mass is 10.0. The van der Waals surface area contributed by atoms with E-state index in [0.29, 0.717) is 5.57 Å². The molecule has 2 aromatic rings. The van der Waals surface area contributed by atoms with Crippen LogP contribution in [0.3, 0.4) is 0 Å². The number of allylic oxidation sites excluding steroid dienone is 1. The number of aromatic nitrogens is 1. The first kappa shape index (κ1) is 26.2. The topological polar surface area (TPSA) is 126 Å². The summed E-state index contributed by atoms with van der Waals surface area (Å²) in [4.78, 5) is 52.9. The summed E-state index contributed by atoms with van der Waals surface area (Å²) in [5.41, 5.74) is 1.13. The van der Waals surface area contributed by atoms with Crippen molar-refractivity contribution in [3.8, 4) is 0 Å². The number of hydrogen-bond donors (Lipinski definition) is 0. The fourth-order valence-electron chi connectivity index (χ4n) is 3.70. The summed E-state index contributed by atoms with van der Waals surface area (Å²) in [6, 6.07) is 7.89. The van der Waals surface area contributed by atoms with E-state index in [-0.39, 0.29) is 24.3 Å². The van der Waals surface area contributed by atoms with Gasteiger partial charge in [-0.1, -0.05) is 61.7 Å². The van der Waals surface area contributed by atoms with Crippen molar-refractivity contribution in [3.05, 3.63) is 54.9 Å². The Bertz CT molecular complexity index is 1520. The number of anilines is 1. The second-order valence-corrected chi connectivity index (χ2v) is 11.9. The van der Waals surface area contributed by atoms with Gasteiger partial charge in [0.1, 0.15) is 13.9 Å². The van der Waals surface area contributed by atoms with E-state index in [2.05, 4.69) is 0 Å². The Morgan fingerprint density at radius 1 is 1.08 bits per heavy atom. The van der Waals surface area contributed by atoms with Crippen molar-refractivity contribution in [2.24, 2.45) is 5.92 Å². The van der Waals surface area contributed by atoms with Crippen LogP contribution in [0.2, 0.25) is 0 Å². The molecule has 13 heteroatoms. The molecule has 0 aliphatic carbocycles. The van der Waals surface area contributed by atoms with Gasteiger partial charge >= 0.3 is 0 Å². The Morgan fingerprint density at radius 3 is 2.36 bits per heavy atom. The highest BCUT2D eigenvalue weighted by Gasteiger charge is 2.34. The van der Waals surface area contributed by atoms with E-state index in [4.69, 9.17) is 12.2 Å². The average molecular weight is 562 g/mol. The van der Waals surface area contributed by atoms with Crippen LogP contribution in [0.1, 0.15) is 13.8 Å². The molecule has 1 saturated heterocycles. The normalized spacial score (nSPS) is 18.9. The third kappa shape index (κ3) is 4.88. The maximum absolute atomic E-state index is 13.5. The van der Waals surface area contributed by atoms with Crippen LogP contribution < -0.4 is 29.9 Å². The maximum atomic E-state index is 13.5. The molecule has 3 heterocycles. The summed E-state index contributed by atoms with van der Waals surface area (Å²) in [5.74, 6) is -3.83. The van der Waals surface area contributed by atoms with Crippen LogP contribution in [0.4, 0.5) is 5.69 Å². The highest BCUT2D eigenvalue weighted by atomic mass is 32.2. The van der Waals surface area contributed by atoms with Crippen LogP contribution in [0.5, 0.6) is 0 Å². The van der Waals surface area contributed by atoms with E-state index in [1.165, 1.54) is 0 Å². The minimum absolute atomic E-state index is 0.00799. The number of amides is 1. The van der Waals surface area contributed by atoms with Crippen molar-refractivity contribution in [3.63, 3.8) is 0 Å². The summed E-state index contributed by atoms with van der Waals surface area (Å²) < 4.78 is 1.33. The van der Waals surface area contributed by atoms with Gasteiger partial charge in [-0.3, -0.25) is 19.1 Å². The molecule has 2 aliphatic heterocycles. The molecule has 0 atom stereocenters.